The van der Waals surface area contributed by atoms with Crippen molar-refractivity contribution in [3.63, 3.8) is 0 Å². The van der Waals surface area contributed by atoms with Gasteiger partial charge in [-0.2, -0.15) is 0 Å². The van der Waals surface area contributed by atoms with E-state index in [2.05, 4.69) is 74.7 Å². The fraction of sp³-hybridized carbons (Fsp3) is 0.391. The lowest BCUT2D eigenvalue weighted by molar-refractivity contribution is -0.119. The number of aromatic nitrogens is 3. The summed E-state index contributed by atoms with van der Waals surface area (Å²) in [4.78, 5) is 27.4. The number of fused-ring (bicyclic) bond motifs is 1. The van der Waals surface area contributed by atoms with Crippen LogP contribution < -0.4 is 15.5 Å². The van der Waals surface area contributed by atoms with E-state index in [-0.39, 0.29) is 18.0 Å². The van der Waals surface area contributed by atoms with Gasteiger partial charge in [0.25, 0.3) is 0 Å². The SMILES string of the molecule is CC(=O)N[C@@H]1CCN(c2cc3c(N[C@H](C)c4ccc(C)cc4)nc(C)nc3cn2)C1. The second kappa shape index (κ2) is 8.26. The highest BCUT2D eigenvalue weighted by molar-refractivity contribution is 5.90. The summed E-state index contributed by atoms with van der Waals surface area (Å²) in [5.41, 5.74) is 3.27. The van der Waals surface area contributed by atoms with Crippen LogP contribution in [0, 0.1) is 13.8 Å². The first-order chi connectivity index (χ1) is 14.4. The minimum atomic E-state index is 0.00813. The molecule has 0 unspecified atom stereocenters. The molecule has 4 rings (SSSR count). The maximum Gasteiger partial charge on any atom is 0.217 e. The summed E-state index contributed by atoms with van der Waals surface area (Å²) in [6, 6.07) is 10.8. The normalized spacial score (nSPS) is 17.2. The molecule has 2 N–H and O–H groups in total. The van der Waals surface area contributed by atoms with Gasteiger partial charge in [0.1, 0.15) is 17.5 Å². The first kappa shape index (κ1) is 20.1. The van der Waals surface area contributed by atoms with Crippen LogP contribution in [0.5, 0.6) is 0 Å². The number of amides is 1. The monoisotopic (exact) mass is 404 g/mol. The van der Waals surface area contributed by atoms with E-state index < -0.39 is 0 Å². The van der Waals surface area contributed by atoms with Gasteiger partial charge in [-0.25, -0.2) is 15.0 Å². The molecule has 1 aliphatic heterocycles. The van der Waals surface area contributed by atoms with Crippen molar-refractivity contribution in [2.75, 3.05) is 23.3 Å². The topological polar surface area (TPSA) is 83.0 Å². The summed E-state index contributed by atoms with van der Waals surface area (Å²) >= 11 is 0. The van der Waals surface area contributed by atoms with Gasteiger partial charge in [0.2, 0.25) is 5.91 Å². The Kier molecular flexibility index (Phi) is 5.53. The number of benzene rings is 1. The van der Waals surface area contributed by atoms with Gasteiger partial charge >= 0.3 is 0 Å². The number of aryl methyl sites for hydroxylation is 2. The van der Waals surface area contributed by atoms with Gasteiger partial charge in [-0.15, -0.1) is 0 Å². The third-order valence-corrected chi connectivity index (χ3v) is 5.53. The quantitative estimate of drug-likeness (QED) is 0.677. The van der Waals surface area contributed by atoms with Crippen LogP contribution in [0.4, 0.5) is 11.6 Å². The van der Waals surface area contributed by atoms with E-state index in [0.717, 1.165) is 42.0 Å². The van der Waals surface area contributed by atoms with Crippen molar-refractivity contribution < 1.29 is 4.79 Å². The number of hydrogen-bond acceptors (Lipinski definition) is 6. The first-order valence-electron chi connectivity index (χ1n) is 10.4. The summed E-state index contributed by atoms with van der Waals surface area (Å²) in [5.74, 6) is 2.41. The third-order valence-electron chi connectivity index (χ3n) is 5.53. The van der Waals surface area contributed by atoms with Crippen molar-refractivity contribution in [1.29, 1.82) is 0 Å². The van der Waals surface area contributed by atoms with Crippen LogP contribution >= 0.6 is 0 Å². The predicted octanol–water partition coefficient (Wildman–Crippen LogP) is 3.53. The molecule has 3 heterocycles. The van der Waals surface area contributed by atoms with Gasteiger partial charge in [-0.1, -0.05) is 29.8 Å². The van der Waals surface area contributed by atoms with E-state index in [1.165, 1.54) is 11.1 Å². The highest BCUT2D eigenvalue weighted by Crippen LogP contribution is 2.28. The molecule has 2 atom stereocenters. The lowest BCUT2D eigenvalue weighted by Gasteiger charge is -2.20. The predicted molar refractivity (Wildman–Crippen MR) is 120 cm³/mol. The maximum atomic E-state index is 11.4. The van der Waals surface area contributed by atoms with E-state index >= 15 is 0 Å². The molecule has 156 valence electrons. The van der Waals surface area contributed by atoms with Crippen molar-refractivity contribution in [3.05, 3.63) is 53.5 Å². The number of carbonyl (C=O) groups excluding carboxylic acids is 1. The molecule has 1 saturated heterocycles. The molecule has 0 bridgehead atoms. The van der Waals surface area contributed by atoms with Crippen molar-refractivity contribution in [2.45, 2.75) is 46.2 Å². The van der Waals surface area contributed by atoms with Crippen LogP contribution in [0.25, 0.3) is 10.9 Å². The Hall–Kier alpha value is -3.22. The van der Waals surface area contributed by atoms with Crippen LogP contribution in [0.15, 0.2) is 36.5 Å². The Bertz CT molecular complexity index is 1070. The number of pyridine rings is 1. The molecule has 1 amide bonds. The molecule has 0 saturated carbocycles. The molecule has 1 fully saturated rings. The third kappa shape index (κ3) is 4.35. The number of nitrogens with zero attached hydrogens (tertiary/aromatic N) is 4. The summed E-state index contributed by atoms with van der Waals surface area (Å²) in [6.45, 7) is 9.30. The second-order valence-electron chi connectivity index (χ2n) is 8.09. The molecular weight excluding hydrogens is 376 g/mol. The second-order valence-corrected chi connectivity index (χ2v) is 8.09. The Labute approximate surface area is 176 Å². The van der Waals surface area contributed by atoms with E-state index in [1.54, 1.807) is 6.92 Å². The van der Waals surface area contributed by atoms with E-state index in [9.17, 15) is 4.79 Å². The standard InChI is InChI=1S/C23H28N6O/c1-14-5-7-18(8-6-14)15(2)25-23-20-11-22(24-12-21(20)26-16(3)27-23)29-10-9-19(13-29)28-17(4)30/h5-8,11-12,15,19H,9-10,13H2,1-4H3,(H,28,30)(H,25,26,27)/t15-,19-/m1/s1. The summed E-state index contributed by atoms with van der Waals surface area (Å²) in [5, 5.41) is 7.51. The maximum absolute atomic E-state index is 11.4. The number of carbonyl (C=O) groups is 1. The molecule has 1 aliphatic rings. The number of anilines is 2. The van der Waals surface area contributed by atoms with E-state index in [4.69, 9.17) is 0 Å². The number of nitrogens with one attached hydrogen (secondary N) is 2. The van der Waals surface area contributed by atoms with Crippen LogP contribution in [0.1, 0.15) is 43.3 Å². The molecule has 2 aromatic heterocycles. The van der Waals surface area contributed by atoms with Gasteiger partial charge in [-0.05, 0) is 38.8 Å². The Balaban J connectivity index is 1.62. The zero-order valence-corrected chi connectivity index (χ0v) is 17.9. The minimum Gasteiger partial charge on any atom is -0.363 e. The van der Waals surface area contributed by atoms with Crippen molar-refractivity contribution in [1.82, 2.24) is 20.3 Å². The lowest BCUT2D eigenvalue weighted by atomic mass is 10.1. The molecule has 7 nitrogen and oxygen atoms in total. The average Bonchev–Trinajstić information content (AvgIpc) is 3.16. The van der Waals surface area contributed by atoms with E-state index in [1.807, 2.05) is 13.1 Å². The number of hydrogen-bond donors (Lipinski definition) is 2. The zero-order chi connectivity index (χ0) is 21.3. The fourth-order valence-electron chi connectivity index (χ4n) is 3.94. The summed E-state index contributed by atoms with van der Waals surface area (Å²) < 4.78 is 0. The summed E-state index contributed by atoms with van der Waals surface area (Å²) in [6.07, 6.45) is 2.73. The molecule has 30 heavy (non-hydrogen) atoms. The highest BCUT2D eigenvalue weighted by atomic mass is 16.1. The van der Waals surface area contributed by atoms with Crippen LogP contribution in [0.3, 0.4) is 0 Å². The Morgan fingerprint density at radius 2 is 1.97 bits per heavy atom. The van der Waals surface area contributed by atoms with E-state index in [0.29, 0.717) is 5.82 Å². The van der Waals surface area contributed by atoms with Crippen molar-refractivity contribution >= 4 is 28.4 Å². The smallest absolute Gasteiger partial charge is 0.217 e. The van der Waals surface area contributed by atoms with Crippen LogP contribution in [-0.2, 0) is 4.79 Å². The average molecular weight is 405 g/mol. The Morgan fingerprint density at radius 3 is 2.70 bits per heavy atom. The fourth-order valence-corrected chi connectivity index (χ4v) is 3.94. The lowest BCUT2D eigenvalue weighted by Crippen LogP contribution is -2.35. The van der Waals surface area contributed by atoms with Gasteiger partial charge < -0.3 is 15.5 Å². The van der Waals surface area contributed by atoms with Crippen LogP contribution in [0.2, 0.25) is 0 Å². The summed E-state index contributed by atoms with van der Waals surface area (Å²) in [7, 11) is 0. The molecule has 0 spiro atoms. The number of rotatable bonds is 5. The first-order valence-corrected chi connectivity index (χ1v) is 10.4. The van der Waals surface area contributed by atoms with Gasteiger partial charge in [0.05, 0.1) is 11.7 Å². The highest BCUT2D eigenvalue weighted by Gasteiger charge is 2.24. The molecule has 3 aromatic rings. The van der Waals surface area contributed by atoms with Crippen molar-refractivity contribution in [2.24, 2.45) is 0 Å². The minimum absolute atomic E-state index is 0.00813. The molecular formula is C23H28N6O. The molecule has 0 aliphatic carbocycles. The Morgan fingerprint density at radius 1 is 1.20 bits per heavy atom. The molecule has 0 radical (unpaired) electrons. The van der Waals surface area contributed by atoms with Crippen LogP contribution in [-0.4, -0.2) is 40.0 Å². The molecule has 1 aromatic carbocycles. The van der Waals surface area contributed by atoms with Gasteiger partial charge in [0.15, 0.2) is 0 Å². The molecule has 7 heteroatoms. The largest absolute Gasteiger partial charge is 0.363 e. The zero-order valence-electron chi connectivity index (χ0n) is 17.9. The van der Waals surface area contributed by atoms with Gasteiger partial charge in [-0.3, -0.25) is 4.79 Å². The van der Waals surface area contributed by atoms with Crippen molar-refractivity contribution in [3.8, 4) is 0 Å². The van der Waals surface area contributed by atoms with Gasteiger partial charge in [0, 0.05) is 37.5 Å².